The lowest BCUT2D eigenvalue weighted by Gasteiger charge is -2.08. The van der Waals surface area contributed by atoms with Crippen LogP contribution >= 0.6 is 0 Å². The van der Waals surface area contributed by atoms with E-state index in [9.17, 15) is 4.79 Å². The highest BCUT2D eigenvalue weighted by molar-refractivity contribution is 5.54. The zero-order valence-corrected chi connectivity index (χ0v) is 9.55. The maximum Gasteiger partial charge on any atom is 0.364 e. The minimum absolute atomic E-state index is 0.178. The summed E-state index contributed by atoms with van der Waals surface area (Å²) in [5.41, 5.74) is 0.803. The van der Waals surface area contributed by atoms with Crippen LogP contribution in [-0.4, -0.2) is 14.3 Å². The smallest absolute Gasteiger partial charge is 0.264 e. The molecule has 2 rings (SSSR count). The second-order valence-corrected chi connectivity index (χ2v) is 3.52. The Labute approximate surface area is 94.1 Å². The summed E-state index contributed by atoms with van der Waals surface area (Å²) >= 11 is 0. The van der Waals surface area contributed by atoms with Gasteiger partial charge in [0.25, 0.3) is 0 Å². The molecule has 0 aliphatic rings. The number of nitrogens with zero attached hydrogens (tertiary/aromatic N) is 3. The van der Waals surface area contributed by atoms with Gasteiger partial charge in [-0.2, -0.15) is 4.98 Å². The fourth-order valence-electron chi connectivity index (χ4n) is 1.85. The van der Waals surface area contributed by atoms with Gasteiger partial charge in [-0.15, -0.1) is 0 Å². The second-order valence-electron chi connectivity index (χ2n) is 3.52. The first-order valence-electron chi connectivity index (χ1n) is 5.51. The zero-order chi connectivity index (χ0) is 11.5. The minimum atomic E-state index is -0.178. The Bertz CT molecular complexity index is 525. The number of aromatic nitrogens is 3. The molecular weight excluding hydrogens is 202 g/mol. The molecule has 2 aromatic rings. The van der Waals surface area contributed by atoms with Crippen molar-refractivity contribution in [3.8, 4) is 11.4 Å². The van der Waals surface area contributed by atoms with Gasteiger partial charge in [0.1, 0.15) is 0 Å². The Morgan fingerprint density at radius 3 is 2.25 bits per heavy atom. The third kappa shape index (κ3) is 1.66. The van der Waals surface area contributed by atoms with Gasteiger partial charge in [-0.1, -0.05) is 30.3 Å². The second kappa shape index (κ2) is 4.35. The van der Waals surface area contributed by atoms with Crippen molar-refractivity contribution in [2.75, 3.05) is 0 Å². The van der Waals surface area contributed by atoms with E-state index >= 15 is 0 Å². The van der Waals surface area contributed by atoms with Crippen LogP contribution < -0.4 is 5.69 Å². The highest BCUT2D eigenvalue weighted by atomic mass is 16.2. The average Bonchev–Trinajstić information content (AvgIpc) is 2.66. The van der Waals surface area contributed by atoms with E-state index in [2.05, 4.69) is 4.98 Å². The van der Waals surface area contributed by atoms with Gasteiger partial charge in [0.05, 0.1) is 0 Å². The maximum atomic E-state index is 11.7. The van der Waals surface area contributed by atoms with Crippen molar-refractivity contribution < 1.29 is 0 Å². The van der Waals surface area contributed by atoms with Gasteiger partial charge in [-0.3, -0.25) is 4.68 Å². The van der Waals surface area contributed by atoms with Crippen molar-refractivity contribution in [1.82, 2.24) is 14.3 Å². The average molecular weight is 217 g/mol. The lowest BCUT2D eigenvalue weighted by atomic mass is 10.2. The van der Waals surface area contributed by atoms with Gasteiger partial charge in [0.2, 0.25) is 0 Å². The topological polar surface area (TPSA) is 39.8 Å². The molecule has 0 bridgehead atoms. The van der Waals surface area contributed by atoms with E-state index in [0.717, 1.165) is 17.9 Å². The number of hydrogen-bond acceptors (Lipinski definition) is 2. The summed E-state index contributed by atoms with van der Waals surface area (Å²) in [6.45, 7) is 5.35. The molecule has 0 atom stereocenters. The molecule has 1 heterocycles. The van der Waals surface area contributed by atoms with E-state index in [1.807, 2.05) is 48.9 Å². The predicted molar refractivity (Wildman–Crippen MR) is 63.3 cm³/mol. The Hall–Kier alpha value is -1.84. The number of benzene rings is 1. The molecule has 1 aromatic heterocycles. The predicted octanol–water partition coefficient (Wildman–Crippen LogP) is 1.75. The summed E-state index contributed by atoms with van der Waals surface area (Å²) in [6, 6.07) is 9.78. The van der Waals surface area contributed by atoms with Crippen LogP contribution in [0.2, 0.25) is 0 Å². The third-order valence-electron chi connectivity index (χ3n) is 2.59. The highest BCUT2D eigenvalue weighted by Gasteiger charge is 2.11. The van der Waals surface area contributed by atoms with E-state index in [0.29, 0.717) is 6.54 Å². The summed E-state index contributed by atoms with van der Waals surface area (Å²) in [6.07, 6.45) is 0. The Balaban J connectivity index is 2.62. The molecule has 0 saturated carbocycles. The molecule has 0 N–H and O–H groups in total. The van der Waals surface area contributed by atoms with Crippen molar-refractivity contribution >= 4 is 0 Å². The third-order valence-corrected chi connectivity index (χ3v) is 2.59. The number of rotatable bonds is 3. The van der Waals surface area contributed by atoms with Crippen molar-refractivity contribution in [2.45, 2.75) is 26.9 Å². The fourth-order valence-corrected chi connectivity index (χ4v) is 1.85. The molecule has 0 aliphatic carbocycles. The molecule has 0 amide bonds. The lowest BCUT2D eigenvalue weighted by molar-refractivity contribution is 0.481. The van der Waals surface area contributed by atoms with E-state index in [4.69, 9.17) is 0 Å². The van der Waals surface area contributed by atoms with E-state index in [1.54, 1.807) is 4.68 Å². The molecule has 0 aliphatic heterocycles. The van der Waals surface area contributed by atoms with Gasteiger partial charge in [-0.25, -0.2) is 9.48 Å². The molecule has 0 spiro atoms. The molecule has 0 saturated heterocycles. The maximum absolute atomic E-state index is 11.7. The fraction of sp³-hybridized carbons (Fsp3) is 0.333. The van der Waals surface area contributed by atoms with Crippen LogP contribution in [0.5, 0.6) is 0 Å². The zero-order valence-electron chi connectivity index (χ0n) is 9.55. The highest BCUT2D eigenvalue weighted by Crippen LogP contribution is 2.14. The van der Waals surface area contributed by atoms with Crippen LogP contribution in [-0.2, 0) is 13.1 Å². The van der Waals surface area contributed by atoms with Crippen LogP contribution in [0.4, 0.5) is 0 Å². The standard InChI is InChI=1S/C12H15N3O/c1-3-14-11(10-8-6-5-7-9-10)13-12(16)15(14)4-2/h5-9H,3-4H2,1-2H3. The van der Waals surface area contributed by atoms with Gasteiger partial charge in [0.15, 0.2) is 5.82 Å². The largest absolute Gasteiger partial charge is 0.364 e. The van der Waals surface area contributed by atoms with Gasteiger partial charge < -0.3 is 0 Å². The summed E-state index contributed by atoms with van der Waals surface area (Å²) < 4.78 is 3.57. The van der Waals surface area contributed by atoms with E-state index < -0.39 is 0 Å². The first kappa shape index (κ1) is 10.7. The molecule has 0 fully saturated rings. The van der Waals surface area contributed by atoms with E-state index in [-0.39, 0.29) is 5.69 Å². The Kier molecular flexibility index (Phi) is 2.90. The van der Waals surface area contributed by atoms with Crippen LogP contribution in [0, 0.1) is 0 Å². The van der Waals surface area contributed by atoms with Gasteiger partial charge in [-0.05, 0) is 13.8 Å². The molecule has 84 valence electrons. The van der Waals surface area contributed by atoms with Gasteiger partial charge in [0, 0.05) is 18.7 Å². The molecule has 1 aromatic carbocycles. The van der Waals surface area contributed by atoms with Crippen LogP contribution in [0.25, 0.3) is 11.4 Å². The van der Waals surface area contributed by atoms with Crippen molar-refractivity contribution in [2.24, 2.45) is 0 Å². The molecule has 0 unspecified atom stereocenters. The Morgan fingerprint density at radius 1 is 1.06 bits per heavy atom. The summed E-state index contributed by atoms with van der Waals surface area (Å²) in [7, 11) is 0. The first-order valence-corrected chi connectivity index (χ1v) is 5.51. The molecular formula is C12H15N3O. The monoisotopic (exact) mass is 217 g/mol. The summed E-state index contributed by atoms with van der Waals surface area (Å²) in [5, 5.41) is 0. The SMILES string of the molecule is CCn1c(-c2ccccc2)nc(=O)n1CC. The Morgan fingerprint density at radius 2 is 1.69 bits per heavy atom. The molecule has 16 heavy (non-hydrogen) atoms. The summed E-state index contributed by atoms with van der Waals surface area (Å²) in [4.78, 5) is 15.7. The lowest BCUT2D eigenvalue weighted by Crippen LogP contribution is -2.22. The van der Waals surface area contributed by atoms with Crippen molar-refractivity contribution in [3.63, 3.8) is 0 Å². The van der Waals surface area contributed by atoms with Crippen LogP contribution in [0.3, 0.4) is 0 Å². The molecule has 4 heteroatoms. The van der Waals surface area contributed by atoms with Crippen LogP contribution in [0.1, 0.15) is 13.8 Å². The van der Waals surface area contributed by atoms with Crippen molar-refractivity contribution in [3.05, 3.63) is 40.8 Å². The quantitative estimate of drug-likeness (QED) is 0.785. The van der Waals surface area contributed by atoms with E-state index in [1.165, 1.54) is 0 Å². The summed E-state index contributed by atoms with van der Waals surface area (Å²) in [5.74, 6) is 0.745. The molecule has 0 radical (unpaired) electrons. The number of hydrogen-bond donors (Lipinski definition) is 0. The first-order chi connectivity index (χ1) is 7.77. The van der Waals surface area contributed by atoms with Crippen molar-refractivity contribution in [1.29, 1.82) is 0 Å². The van der Waals surface area contributed by atoms with Gasteiger partial charge >= 0.3 is 5.69 Å². The molecule has 4 nitrogen and oxygen atoms in total. The van der Waals surface area contributed by atoms with Crippen LogP contribution in [0.15, 0.2) is 35.1 Å². The minimum Gasteiger partial charge on any atom is -0.264 e. The normalized spacial score (nSPS) is 10.6.